The smallest absolute Gasteiger partial charge is 0.338 e. The van der Waals surface area contributed by atoms with Crippen LogP contribution < -0.4 is 9.47 Å². The van der Waals surface area contributed by atoms with Crippen LogP contribution in [-0.4, -0.2) is 59.7 Å². The topological polar surface area (TPSA) is 90.9 Å². The Kier molecular flexibility index (Phi) is 5.70. The van der Waals surface area contributed by atoms with Crippen molar-refractivity contribution in [3.63, 3.8) is 0 Å². The first-order valence-electron chi connectivity index (χ1n) is 9.95. The van der Waals surface area contributed by atoms with Crippen LogP contribution in [0.5, 0.6) is 11.5 Å². The van der Waals surface area contributed by atoms with Crippen LogP contribution in [0.2, 0.25) is 0 Å². The van der Waals surface area contributed by atoms with Gasteiger partial charge in [-0.2, -0.15) is 0 Å². The standard InChI is InChI=1S/C23H23N3O5/c1-14-15(2)25-19-10-16(8-9-18(19)24-14)23(28)30-13-22(27)26(3)11-17-12-29-20-6-4-5-7-21(20)31-17/h4-10,17H,11-13H2,1-3H3/t17-/m0/s1. The van der Waals surface area contributed by atoms with E-state index >= 15 is 0 Å². The largest absolute Gasteiger partial charge is 0.486 e. The van der Waals surface area contributed by atoms with Gasteiger partial charge in [0, 0.05) is 7.05 Å². The molecule has 1 aliphatic heterocycles. The van der Waals surface area contributed by atoms with Gasteiger partial charge in [0.15, 0.2) is 24.2 Å². The summed E-state index contributed by atoms with van der Waals surface area (Å²) in [6.07, 6.45) is -0.301. The van der Waals surface area contributed by atoms with Crippen molar-refractivity contribution in [1.82, 2.24) is 14.9 Å². The van der Waals surface area contributed by atoms with Crippen molar-refractivity contribution < 1.29 is 23.8 Å². The molecule has 0 N–H and O–H groups in total. The van der Waals surface area contributed by atoms with Gasteiger partial charge in [0.05, 0.1) is 34.5 Å². The van der Waals surface area contributed by atoms with E-state index < -0.39 is 5.97 Å². The molecule has 0 unspecified atom stereocenters. The molecule has 3 aromatic rings. The zero-order valence-electron chi connectivity index (χ0n) is 17.6. The van der Waals surface area contributed by atoms with Gasteiger partial charge in [-0.25, -0.2) is 14.8 Å². The second-order valence-corrected chi connectivity index (χ2v) is 7.45. The van der Waals surface area contributed by atoms with Crippen LogP contribution in [0.3, 0.4) is 0 Å². The zero-order valence-corrected chi connectivity index (χ0v) is 17.6. The number of nitrogens with zero attached hydrogens (tertiary/aromatic N) is 3. The highest BCUT2D eigenvalue weighted by Gasteiger charge is 2.24. The average molecular weight is 421 g/mol. The number of hydrogen-bond acceptors (Lipinski definition) is 7. The van der Waals surface area contributed by atoms with Crippen molar-refractivity contribution in [2.24, 2.45) is 0 Å². The number of carbonyl (C=O) groups excluding carboxylic acids is 2. The SMILES string of the molecule is Cc1nc2ccc(C(=O)OCC(=O)N(C)C[C@H]3COc4ccccc4O3)cc2nc1C. The highest BCUT2D eigenvalue weighted by Crippen LogP contribution is 2.30. The first kappa shape index (κ1) is 20.6. The molecule has 0 saturated carbocycles. The van der Waals surface area contributed by atoms with Crippen LogP contribution in [-0.2, 0) is 9.53 Å². The lowest BCUT2D eigenvalue weighted by molar-refractivity contribution is -0.134. The summed E-state index contributed by atoms with van der Waals surface area (Å²) in [5, 5.41) is 0. The molecule has 8 nitrogen and oxygen atoms in total. The van der Waals surface area contributed by atoms with Crippen LogP contribution in [0.15, 0.2) is 42.5 Å². The fourth-order valence-electron chi connectivity index (χ4n) is 3.24. The van der Waals surface area contributed by atoms with Crippen molar-refractivity contribution >= 4 is 22.9 Å². The van der Waals surface area contributed by atoms with E-state index in [9.17, 15) is 9.59 Å². The van der Waals surface area contributed by atoms with Crippen molar-refractivity contribution in [1.29, 1.82) is 0 Å². The second-order valence-electron chi connectivity index (χ2n) is 7.45. The minimum Gasteiger partial charge on any atom is -0.486 e. The molecule has 4 rings (SSSR count). The van der Waals surface area contributed by atoms with Gasteiger partial charge in [0.1, 0.15) is 6.61 Å². The molecule has 160 valence electrons. The molecule has 2 heterocycles. The third kappa shape index (κ3) is 4.58. The normalized spacial score (nSPS) is 14.9. The average Bonchev–Trinajstić information content (AvgIpc) is 2.77. The van der Waals surface area contributed by atoms with E-state index in [1.807, 2.05) is 38.1 Å². The lowest BCUT2D eigenvalue weighted by atomic mass is 10.2. The maximum atomic E-state index is 12.4. The maximum absolute atomic E-state index is 12.4. The maximum Gasteiger partial charge on any atom is 0.338 e. The fourth-order valence-corrected chi connectivity index (χ4v) is 3.24. The molecule has 31 heavy (non-hydrogen) atoms. The fraction of sp³-hybridized carbons (Fsp3) is 0.304. The number of carbonyl (C=O) groups is 2. The Bertz CT molecular complexity index is 1150. The number of fused-ring (bicyclic) bond motifs is 2. The Morgan fingerprint density at radius 3 is 2.55 bits per heavy atom. The molecule has 0 aliphatic carbocycles. The van der Waals surface area contributed by atoms with Gasteiger partial charge in [0.2, 0.25) is 0 Å². The first-order valence-corrected chi connectivity index (χ1v) is 9.95. The molecular formula is C23H23N3O5. The molecule has 1 amide bonds. The summed E-state index contributed by atoms with van der Waals surface area (Å²) in [7, 11) is 1.64. The van der Waals surface area contributed by atoms with Gasteiger partial charge in [-0.3, -0.25) is 4.79 Å². The lowest BCUT2D eigenvalue weighted by Crippen LogP contribution is -2.43. The number of aromatic nitrogens is 2. The summed E-state index contributed by atoms with van der Waals surface area (Å²) in [5.41, 5.74) is 3.27. The van der Waals surface area contributed by atoms with Gasteiger partial charge in [0.25, 0.3) is 5.91 Å². The second kappa shape index (κ2) is 8.59. The summed E-state index contributed by atoms with van der Waals surface area (Å²) >= 11 is 0. The monoisotopic (exact) mass is 421 g/mol. The third-order valence-corrected chi connectivity index (χ3v) is 5.11. The van der Waals surface area contributed by atoms with Crippen LogP contribution in [0.25, 0.3) is 11.0 Å². The highest BCUT2D eigenvalue weighted by atomic mass is 16.6. The molecule has 0 bridgehead atoms. The minimum atomic E-state index is -0.588. The van der Waals surface area contributed by atoms with Crippen LogP contribution in [0.4, 0.5) is 0 Å². The van der Waals surface area contributed by atoms with E-state index in [1.165, 1.54) is 4.90 Å². The van der Waals surface area contributed by atoms with E-state index in [-0.39, 0.29) is 18.6 Å². The number of hydrogen-bond donors (Lipinski definition) is 0. The third-order valence-electron chi connectivity index (χ3n) is 5.11. The number of para-hydroxylation sites is 2. The summed E-state index contributed by atoms with van der Waals surface area (Å²) in [5.74, 6) is 0.417. The van der Waals surface area contributed by atoms with E-state index in [2.05, 4.69) is 9.97 Å². The highest BCUT2D eigenvalue weighted by molar-refractivity contribution is 5.94. The van der Waals surface area contributed by atoms with Gasteiger partial charge < -0.3 is 19.1 Å². The number of ether oxygens (including phenoxy) is 3. The van der Waals surface area contributed by atoms with E-state index in [4.69, 9.17) is 14.2 Å². The molecule has 2 aromatic carbocycles. The molecule has 1 aromatic heterocycles. The van der Waals surface area contributed by atoms with Crippen LogP contribution in [0.1, 0.15) is 21.7 Å². The Morgan fingerprint density at radius 2 is 1.77 bits per heavy atom. The number of benzene rings is 2. The predicted molar refractivity (Wildman–Crippen MR) is 113 cm³/mol. The van der Waals surface area contributed by atoms with Crippen molar-refractivity contribution in [3.05, 3.63) is 59.4 Å². The molecule has 0 radical (unpaired) electrons. The Morgan fingerprint density at radius 1 is 1.06 bits per heavy atom. The Labute approximate surface area is 179 Å². The van der Waals surface area contributed by atoms with Gasteiger partial charge in [-0.15, -0.1) is 0 Å². The van der Waals surface area contributed by atoms with E-state index in [1.54, 1.807) is 25.2 Å². The molecule has 8 heteroatoms. The molecular weight excluding hydrogens is 398 g/mol. The summed E-state index contributed by atoms with van der Waals surface area (Å²) in [4.78, 5) is 35.2. The van der Waals surface area contributed by atoms with Crippen molar-refractivity contribution in [3.8, 4) is 11.5 Å². The van der Waals surface area contributed by atoms with Crippen LogP contribution >= 0.6 is 0 Å². The van der Waals surface area contributed by atoms with Crippen molar-refractivity contribution in [2.75, 3.05) is 26.8 Å². The van der Waals surface area contributed by atoms with Gasteiger partial charge >= 0.3 is 5.97 Å². The van der Waals surface area contributed by atoms with Gasteiger partial charge in [-0.1, -0.05) is 12.1 Å². The number of likely N-dealkylation sites (N-methyl/N-ethyl adjacent to an activating group) is 1. The Balaban J connectivity index is 1.32. The summed E-state index contributed by atoms with van der Waals surface area (Å²) < 4.78 is 16.7. The number of amides is 1. The predicted octanol–water partition coefficient (Wildman–Crippen LogP) is 2.70. The quantitative estimate of drug-likeness (QED) is 0.585. The van der Waals surface area contributed by atoms with Crippen molar-refractivity contribution in [2.45, 2.75) is 20.0 Å². The molecule has 0 saturated heterocycles. The lowest BCUT2D eigenvalue weighted by Gasteiger charge is -2.29. The zero-order chi connectivity index (χ0) is 22.0. The Hall–Kier alpha value is -3.68. The molecule has 1 aliphatic rings. The molecule has 0 fully saturated rings. The summed E-state index contributed by atoms with van der Waals surface area (Å²) in [6, 6.07) is 12.3. The first-order chi connectivity index (χ1) is 14.9. The van der Waals surface area contributed by atoms with Gasteiger partial charge in [-0.05, 0) is 44.2 Å². The van der Waals surface area contributed by atoms with E-state index in [0.717, 1.165) is 11.4 Å². The molecule has 0 spiro atoms. The number of esters is 1. The number of rotatable bonds is 5. The minimum absolute atomic E-state index is 0.301. The number of aryl methyl sites for hydroxylation is 2. The van der Waals surface area contributed by atoms with E-state index in [0.29, 0.717) is 41.2 Å². The molecule has 1 atom stereocenters. The van der Waals surface area contributed by atoms with Crippen LogP contribution in [0, 0.1) is 13.8 Å². The summed E-state index contributed by atoms with van der Waals surface area (Å²) in [6.45, 7) is 4.03.